The van der Waals surface area contributed by atoms with Crippen molar-refractivity contribution in [3.63, 3.8) is 0 Å². The molecule has 1 heterocycles. The molecular formula is C25H28N2O5. The molecule has 3 rings (SSSR count). The number of hydrogen-bond acceptors (Lipinski definition) is 6. The summed E-state index contributed by atoms with van der Waals surface area (Å²) >= 11 is 0. The zero-order valence-electron chi connectivity index (χ0n) is 17.9. The van der Waals surface area contributed by atoms with Crippen molar-refractivity contribution in [1.29, 1.82) is 0 Å². The third-order valence-electron chi connectivity index (χ3n) is 4.97. The van der Waals surface area contributed by atoms with Crippen LogP contribution < -0.4 is 4.74 Å². The van der Waals surface area contributed by atoms with Crippen LogP contribution in [0.25, 0.3) is 11.1 Å². The van der Waals surface area contributed by atoms with Crippen LogP contribution in [0, 0.1) is 11.8 Å². The average molecular weight is 437 g/mol. The SMILES string of the molecule is C[C@H](O)c1nccn1[C@@H](C#Cc1ccc(-c2ccc(OCCC(O)CO)cc2)cc1)CO. The number of ether oxygens (including phenoxy) is 1. The van der Waals surface area contributed by atoms with Crippen LogP contribution in [0.15, 0.2) is 60.9 Å². The summed E-state index contributed by atoms with van der Waals surface area (Å²) in [6.07, 6.45) is 2.14. The standard InChI is InChI=1S/C25H28N2O5/c1-18(30)25-26-13-14-27(25)22(16-28)9-4-19-2-5-20(6-3-19)21-7-10-24(11-8-21)32-15-12-23(31)17-29/h2-3,5-8,10-11,13-14,18,22-23,28-31H,12,15-17H2,1H3/t18-,22-,23?/m0/s1. The van der Waals surface area contributed by atoms with Crippen LogP contribution in [0.1, 0.15) is 36.9 Å². The Bertz CT molecular complexity index is 1030. The normalized spacial score (nSPS) is 13.7. The quantitative estimate of drug-likeness (QED) is 0.384. The Morgan fingerprint density at radius 1 is 0.969 bits per heavy atom. The third kappa shape index (κ3) is 6.19. The molecule has 2 aromatic carbocycles. The topological polar surface area (TPSA) is 108 Å². The lowest BCUT2D eigenvalue weighted by molar-refractivity contribution is 0.0754. The Kier molecular flexibility index (Phi) is 8.42. The van der Waals surface area contributed by atoms with Crippen molar-refractivity contribution in [2.24, 2.45) is 0 Å². The first-order valence-electron chi connectivity index (χ1n) is 10.5. The number of nitrogens with zero attached hydrogens (tertiary/aromatic N) is 2. The number of aromatic nitrogens is 2. The van der Waals surface area contributed by atoms with Crippen molar-refractivity contribution in [1.82, 2.24) is 9.55 Å². The minimum atomic E-state index is -0.760. The number of aliphatic hydroxyl groups excluding tert-OH is 4. The summed E-state index contributed by atoms with van der Waals surface area (Å²) in [5.74, 6) is 7.29. The van der Waals surface area contributed by atoms with E-state index in [1.165, 1.54) is 0 Å². The highest BCUT2D eigenvalue weighted by molar-refractivity contribution is 5.65. The first-order chi connectivity index (χ1) is 15.5. The van der Waals surface area contributed by atoms with Crippen molar-refractivity contribution >= 4 is 0 Å². The summed E-state index contributed by atoms with van der Waals surface area (Å²) in [5.41, 5.74) is 2.87. The Morgan fingerprint density at radius 2 is 1.62 bits per heavy atom. The summed E-state index contributed by atoms with van der Waals surface area (Å²) < 4.78 is 7.26. The van der Waals surface area contributed by atoms with E-state index >= 15 is 0 Å². The van der Waals surface area contributed by atoms with E-state index in [4.69, 9.17) is 9.84 Å². The molecule has 3 atom stereocenters. The van der Waals surface area contributed by atoms with E-state index in [0.29, 0.717) is 24.6 Å². The average Bonchev–Trinajstić information content (AvgIpc) is 3.30. The highest BCUT2D eigenvalue weighted by atomic mass is 16.5. The van der Waals surface area contributed by atoms with Crippen molar-refractivity contribution in [3.05, 3.63) is 72.3 Å². The highest BCUT2D eigenvalue weighted by Crippen LogP contribution is 2.23. The van der Waals surface area contributed by atoms with E-state index in [9.17, 15) is 15.3 Å². The van der Waals surface area contributed by atoms with Gasteiger partial charge in [0.25, 0.3) is 0 Å². The molecule has 0 aliphatic rings. The van der Waals surface area contributed by atoms with E-state index in [2.05, 4.69) is 16.8 Å². The molecule has 32 heavy (non-hydrogen) atoms. The molecule has 168 valence electrons. The number of rotatable bonds is 9. The summed E-state index contributed by atoms with van der Waals surface area (Å²) in [5, 5.41) is 37.7. The van der Waals surface area contributed by atoms with Gasteiger partial charge in [-0.2, -0.15) is 0 Å². The van der Waals surface area contributed by atoms with Crippen molar-refractivity contribution < 1.29 is 25.2 Å². The number of imidazole rings is 1. The van der Waals surface area contributed by atoms with Gasteiger partial charge in [0.1, 0.15) is 23.7 Å². The van der Waals surface area contributed by atoms with Crippen LogP contribution in [-0.2, 0) is 0 Å². The van der Waals surface area contributed by atoms with Gasteiger partial charge < -0.3 is 29.7 Å². The summed E-state index contributed by atoms with van der Waals surface area (Å²) in [4.78, 5) is 4.12. The minimum Gasteiger partial charge on any atom is -0.493 e. The van der Waals surface area contributed by atoms with Crippen LogP contribution in [-0.4, -0.2) is 55.9 Å². The maximum atomic E-state index is 9.81. The van der Waals surface area contributed by atoms with Crippen molar-refractivity contribution in [2.75, 3.05) is 19.8 Å². The molecular weight excluding hydrogens is 408 g/mol. The molecule has 0 spiro atoms. The molecule has 0 bridgehead atoms. The molecule has 7 nitrogen and oxygen atoms in total. The molecule has 0 saturated heterocycles. The van der Waals surface area contributed by atoms with E-state index < -0.39 is 18.2 Å². The second-order valence-corrected chi connectivity index (χ2v) is 7.41. The lowest BCUT2D eigenvalue weighted by Crippen LogP contribution is -2.15. The highest BCUT2D eigenvalue weighted by Gasteiger charge is 2.14. The smallest absolute Gasteiger partial charge is 0.138 e. The van der Waals surface area contributed by atoms with Crippen LogP contribution in [0.5, 0.6) is 5.75 Å². The Balaban J connectivity index is 1.65. The van der Waals surface area contributed by atoms with E-state index in [1.807, 2.05) is 48.5 Å². The molecule has 0 saturated carbocycles. The van der Waals surface area contributed by atoms with Crippen LogP contribution in [0.2, 0.25) is 0 Å². The van der Waals surface area contributed by atoms with E-state index in [0.717, 1.165) is 16.7 Å². The molecule has 0 fully saturated rings. The van der Waals surface area contributed by atoms with Gasteiger partial charge in [-0.25, -0.2) is 4.98 Å². The van der Waals surface area contributed by atoms with Crippen LogP contribution >= 0.6 is 0 Å². The Morgan fingerprint density at radius 3 is 2.22 bits per heavy atom. The maximum absolute atomic E-state index is 9.81. The fourth-order valence-electron chi connectivity index (χ4n) is 3.18. The number of hydrogen-bond donors (Lipinski definition) is 4. The predicted octanol–water partition coefficient (Wildman–Crippen LogP) is 2.31. The lowest BCUT2D eigenvalue weighted by atomic mass is 10.0. The van der Waals surface area contributed by atoms with Crippen LogP contribution in [0.3, 0.4) is 0 Å². The molecule has 4 N–H and O–H groups in total. The summed E-state index contributed by atoms with van der Waals surface area (Å²) in [7, 11) is 0. The first kappa shape index (κ1) is 23.5. The van der Waals surface area contributed by atoms with Gasteiger partial charge in [0, 0.05) is 24.4 Å². The monoisotopic (exact) mass is 436 g/mol. The second-order valence-electron chi connectivity index (χ2n) is 7.41. The number of aliphatic hydroxyl groups is 4. The van der Waals surface area contributed by atoms with Gasteiger partial charge in [-0.1, -0.05) is 36.1 Å². The van der Waals surface area contributed by atoms with Crippen molar-refractivity contribution in [2.45, 2.75) is 31.6 Å². The molecule has 0 radical (unpaired) electrons. The molecule has 7 heteroatoms. The molecule has 0 aliphatic heterocycles. The van der Waals surface area contributed by atoms with E-state index in [-0.39, 0.29) is 13.2 Å². The molecule has 0 aliphatic carbocycles. The third-order valence-corrected chi connectivity index (χ3v) is 4.97. The Hall–Kier alpha value is -3.15. The molecule has 0 amide bonds. The number of benzene rings is 2. The van der Waals surface area contributed by atoms with Crippen LogP contribution in [0.4, 0.5) is 0 Å². The summed E-state index contributed by atoms with van der Waals surface area (Å²) in [6.45, 7) is 1.51. The molecule has 3 aromatic rings. The van der Waals surface area contributed by atoms with Gasteiger partial charge in [-0.05, 0) is 42.3 Å². The van der Waals surface area contributed by atoms with Gasteiger partial charge in [-0.3, -0.25) is 0 Å². The second kappa shape index (κ2) is 11.5. The largest absolute Gasteiger partial charge is 0.493 e. The Labute approximate surface area is 187 Å². The lowest BCUT2D eigenvalue weighted by Gasteiger charge is -2.14. The molecule has 1 unspecified atom stereocenters. The minimum absolute atomic E-state index is 0.186. The van der Waals surface area contributed by atoms with Gasteiger partial charge in [0.2, 0.25) is 0 Å². The van der Waals surface area contributed by atoms with Gasteiger partial charge in [0.05, 0.1) is 25.9 Å². The maximum Gasteiger partial charge on any atom is 0.138 e. The zero-order chi connectivity index (χ0) is 22.9. The van der Waals surface area contributed by atoms with Gasteiger partial charge >= 0.3 is 0 Å². The van der Waals surface area contributed by atoms with Gasteiger partial charge in [0.15, 0.2) is 0 Å². The molecule has 1 aromatic heterocycles. The predicted molar refractivity (Wildman–Crippen MR) is 121 cm³/mol. The first-order valence-corrected chi connectivity index (χ1v) is 10.5. The van der Waals surface area contributed by atoms with E-state index in [1.54, 1.807) is 23.9 Å². The van der Waals surface area contributed by atoms with Crippen molar-refractivity contribution in [3.8, 4) is 28.7 Å². The fourth-order valence-corrected chi connectivity index (χ4v) is 3.18. The van der Waals surface area contributed by atoms with Gasteiger partial charge in [-0.15, -0.1) is 0 Å². The fraction of sp³-hybridized carbons (Fsp3) is 0.320. The zero-order valence-corrected chi connectivity index (χ0v) is 17.9. The summed E-state index contributed by atoms with van der Waals surface area (Å²) in [6, 6.07) is 14.9.